The average Bonchev–Trinajstić information content (AvgIpc) is 2.35. The van der Waals surface area contributed by atoms with Crippen LogP contribution in [0.25, 0.3) is 10.9 Å². The van der Waals surface area contributed by atoms with E-state index < -0.39 is 0 Å². The summed E-state index contributed by atoms with van der Waals surface area (Å²) < 4.78 is 0. The number of nitrogens with one attached hydrogen (secondary N) is 1. The molecular formula is C12H13N3O. The van der Waals surface area contributed by atoms with Crippen LogP contribution in [0.3, 0.4) is 0 Å². The Hall–Kier alpha value is -1.94. The van der Waals surface area contributed by atoms with E-state index in [0.29, 0.717) is 6.54 Å². The number of nitrogens with zero attached hydrogens (tertiary/aromatic N) is 1. The lowest BCUT2D eigenvalue weighted by Gasteiger charge is -2.04. The Balaban J connectivity index is 2.16. The number of hydrogen-bond acceptors (Lipinski definition) is 3. The molecule has 0 aliphatic carbocycles. The molecule has 3 N–H and O–H groups in total. The second kappa shape index (κ2) is 4.72. The molecule has 0 unspecified atom stereocenters. The summed E-state index contributed by atoms with van der Waals surface area (Å²) in [6.45, 7) is 0.425. The predicted octanol–water partition coefficient (Wildman–Crippen LogP) is 0.810. The van der Waals surface area contributed by atoms with E-state index in [1.54, 1.807) is 0 Å². The maximum atomic E-state index is 11.0. The van der Waals surface area contributed by atoms with E-state index in [1.807, 2.05) is 36.4 Å². The predicted molar refractivity (Wildman–Crippen MR) is 62.6 cm³/mol. The van der Waals surface area contributed by atoms with E-state index in [2.05, 4.69) is 10.3 Å². The molecule has 4 nitrogen and oxygen atoms in total. The van der Waals surface area contributed by atoms with Crippen LogP contribution in [0, 0.1) is 0 Å². The zero-order valence-corrected chi connectivity index (χ0v) is 8.81. The number of nitrogens with two attached hydrogens (primary N) is 1. The molecule has 0 atom stereocenters. The summed E-state index contributed by atoms with van der Waals surface area (Å²) in [5, 5.41) is 3.78. The van der Waals surface area contributed by atoms with Gasteiger partial charge in [-0.2, -0.15) is 0 Å². The van der Waals surface area contributed by atoms with Crippen molar-refractivity contribution in [1.29, 1.82) is 0 Å². The molecule has 0 spiro atoms. The first-order valence-electron chi connectivity index (χ1n) is 5.11. The Morgan fingerprint density at radius 2 is 2.06 bits per heavy atom. The van der Waals surface area contributed by atoms with Crippen molar-refractivity contribution in [2.45, 2.75) is 6.54 Å². The van der Waals surface area contributed by atoms with Crippen LogP contribution in [0.15, 0.2) is 36.4 Å². The van der Waals surface area contributed by atoms with Gasteiger partial charge in [-0.1, -0.05) is 24.3 Å². The molecular weight excluding hydrogens is 202 g/mol. The fraction of sp³-hybridized carbons (Fsp3) is 0.167. The third-order valence-corrected chi connectivity index (χ3v) is 2.31. The van der Waals surface area contributed by atoms with E-state index in [1.165, 1.54) is 0 Å². The number of benzene rings is 1. The summed E-state index contributed by atoms with van der Waals surface area (Å²) >= 11 is 0. The lowest BCUT2D eigenvalue weighted by Crippen LogP contribution is -2.29. The highest BCUT2D eigenvalue weighted by molar-refractivity contribution is 5.79. The maximum Gasteiger partial charge on any atom is 0.234 e. The Morgan fingerprint density at radius 1 is 1.25 bits per heavy atom. The second-order valence-corrected chi connectivity index (χ2v) is 3.48. The Labute approximate surface area is 93.5 Å². The number of rotatable bonds is 3. The SMILES string of the molecule is NCC(=O)NCc1ccc2ccccc2n1. The van der Waals surface area contributed by atoms with Gasteiger partial charge in [-0.15, -0.1) is 0 Å². The van der Waals surface area contributed by atoms with Crippen molar-refractivity contribution in [3.63, 3.8) is 0 Å². The molecule has 4 heteroatoms. The minimum Gasteiger partial charge on any atom is -0.349 e. The smallest absolute Gasteiger partial charge is 0.234 e. The number of para-hydroxylation sites is 1. The van der Waals surface area contributed by atoms with Gasteiger partial charge in [0.05, 0.1) is 24.3 Å². The van der Waals surface area contributed by atoms with Gasteiger partial charge in [0.1, 0.15) is 0 Å². The van der Waals surface area contributed by atoms with Gasteiger partial charge in [0.25, 0.3) is 0 Å². The summed E-state index contributed by atoms with van der Waals surface area (Å²) in [5.74, 6) is -0.171. The molecule has 0 radical (unpaired) electrons. The van der Waals surface area contributed by atoms with Gasteiger partial charge < -0.3 is 11.1 Å². The summed E-state index contributed by atoms with van der Waals surface area (Å²) in [6.07, 6.45) is 0. The Morgan fingerprint density at radius 3 is 2.88 bits per heavy atom. The van der Waals surface area contributed by atoms with Gasteiger partial charge in [0, 0.05) is 5.39 Å². The molecule has 0 fully saturated rings. The van der Waals surface area contributed by atoms with Crippen molar-refractivity contribution >= 4 is 16.8 Å². The highest BCUT2D eigenvalue weighted by Crippen LogP contribution is 2.11. The molecule has 0 saturated heterocycles. The number of carbonyl (C=O) groups is 1. The van der Waals surface area contributed by atoms with Crippen LogP contribution in [0.4, 0.5) is 0 Å². The summed E-state index contributed by atoms with van der Waals surface area (Å²) in [4.78, 5) is 15.4. The van der Waals surface area contributed by atoms with Gasteiger partial charge >= 0.3 is 0 Å². The molecule has 0 aliphatic heterocycles. The Bertz CT molecular complexity index is 510. The lowest BCUT2D eigenvalue weighted by molar-refractivity contribution is -0.119. The van der Waals surface area contributed by atoms with Crippen molar-refractivity contribution in [3.8, 4) is 0 Å². The molecule has 1 aromatic carbocycles. The summed E-state index contributed by atoms with van der Waals surface area (Å²) in [5.41, 5.74) is 6.96. The molecule has 82 valence electrons. The minimum absolute atomic E-state index is 0.00752. The number of amides is 1. The van der Waals surface area contributed by atoms with E-state index in [4.69, 9.17) is 5.73 Å². The molecule has 1 heterocycles. The standard InChI is InChI=1S/C12H13N3O/c13-7-12(16)14-8-10-6-5-9-3-1-2-4-11(9)15-10/h1-6H,7-8,13H2,(H,14,16). The first-order valence-corrected chi connectivity index (χ1v) is 5.11. The number of fused-ring (bicyclic) bond motifs is 1. The molecule has 2 aromatic rings. The van der Waals surface area contributed by atoms with Crippen LogP contribution in [0.5, 0.6) is 0 Å². The van der Waals surface area contributed by atoms with E-state index in [-0.39, 0.29) is 12.5 Å². The fourth-order valence-corrected chi connectivity index (χ4v) is 1.47. The Kier molecular flexibility index (Phi) is 3.12. The van der Waals surface area contributed by atoms with Crippen LogP contribution in [0.2, 0.25) is 0 Å². The topological polar surface area (TPSA) is 68.0 Å². The number of aromatic nitrogens is 1. The van der Waals surface area contributed by atoms with Crippen molar-refractivity contribution in [2.24, 2.45) is 5.73 Å². The number of hydrogen-bond donors (Lipinski definition) is 2. The van der Waals surface area contributed by atoms with E-state index in [0.717, 1.165) is 16.6 Å². The molecule has 1 aromatic heterocycles. The molecule has 2 rings (SSSR count). The van der Waals surface area contributed by atoms with Crippen molar-refractivity contribution < 1.29 is 4.79 Å². The zero-order valence-electron chi connectivity index (χ0n) is 8.81. The summed E-state index contributed by atoms with van der Waals surface area (Å²) in [6, 6.07) is 11.8. The van der Waals surface area contributed by atoms with Gasteiger partial charge in [0.2, 0.25) is 5.91 Å². The van der Waals surface area contributed by atoms with Crippen molar-refractivity contribution in [2.75, 3.05) is 6.54 Å². The monoisotopic (exact) mass is 215 g/mol. The molecule has 16 heavy (non-hydrogen) atoms. The van der Waals surface area contributed by atoms with Crippen LogP contribution < -0.4 is 11.1 Å². The third kappa shape index (κ3) is 2.35. The van der Waals surface area contributed by atoms with Crippen LogP contribution in [-0.2, 0) is 11.3 Å². The largest absolute Gasteiger partial charge is 0.349 e. The van der Waals surface area contributed by atoms with Gasteiger partial charge in [0.15, 0.2) is 0 Å². The minimum atomic E-state index is -0.171. The highest BCUT2D eigenvalue weighted by Gasteiger charge is 2.00. The first kappa shape index (κ1) is 10.6. The second-order valence-electron chi connectivity index (χ2n) is 3.48. The first-order chi connectivity index (χ1) is 7.79. The third-order valence-electron chi connectivity index (χ3n) is 2.31. The van der Waals surface area contributed by atoms with Gasteiger partial charge in [-0.05, 0) is 12.1 Å². The normalized spacial score (nSPS) is 10.3. The summed E-state index contributed by atoms with van der Waals surface area (Å²) in [7, 11) is 0. The van der Waals surface area contributed by atoms with Crippen LogP contribution in [-0.4, -0.2) is 17.4 Å². The molecule has 0 aliphatic rings. The zero-order chi connectivity index (χ0) is 11.4. The highest BCUT2D eigenvalue weighted by atomic mass is 16.1. The van der Waals surface area contributed by atoms with E-state index in [9.17, 15) is 4.79 Å². The molecule has 0 bridgehead atoms. The molecule has 0 saturated carbocycles. The maximum absolute atomic E-state index is 11.0. The average molecular weight is 215 g/mol. The van der Waals surface area contributed by atoms with Crippen LogP contribution >= 0.6 is 0 Å². The quantitative estimate of drug-likeness (QED) is 0.796. The fourth-order valence-electron chi connectivity index (χ4n) is 1.47. The van der Waals surface area contributed by atoms with Crippen molar-refractivity contribution in [3.05, 3.63) is 42.1 Å². The lowest BCUT2D eigenvalue weighted by atomic mass is 10.2. The number of pyridine rings is 1. The van der Waals surface area contributed by atoms with E-state index >= 15 is 0 Å². The van der Waals surface area contributed by atoms with Crippen molar-refractivity contribution in [1.82, 2.24) is 10.3 Å². The van der Waals surface area contributed by atoms with Gasteiger partial charge in [-0.25, -0.2) is 0 Å². The van der Waals surface area contributed by atoms with Crippen LogP contribution in [0.1, 0.15) is 5.69 Å². The number of carbonyl (C=O) groups excluding carboxylic acids is 1. The van der Waals surface area contributed by atoms with Gasteiger partial charge in [-0.3, -0.25) is 9.78 Å². The molecule has 1 amide bonds.